The fourth-order valence-corrected chi connectivity index (χ4v) is 2.49. The number of halogens is 2. The van der Waals surface area contributed by atoms with Gasteiger partial charge in [0.15, 0.2) is 0 Å². The predicted octanol–water partition coefficient (Wildman–Crippen LogP) is 6.24. The molecule has 1 aromatic rings. The molecule has 19 heavy (non-hydrogen) atoms. The van der Waals surface area contributed by atoms with Crippen molar-refractivity contribution in [2.45, 2.75) is 45.4 Å². The molecule has 1 rings (SSSR count). The molecule has 0 heterocycles. The van der Waals surface area contributed by atoms with Gasteiger partial charge in [0.1, 0.15) is 5.69 Å². The maximum atomic E-state index is 5.95. The molecule has 3 nitrogen and oxygen atoms in total. The minimum Gasteiger partial charge on any atom is -0.396 e. The highest BCUT2D eigenvalue weighted by Crippen LogP contribution is 2.36. The average Bonchev–Trinajstić information content (AvgIpc) is 2.40. The summed E-state index contributed by atoms with van der Waals surface area (Å²) in [4.78, 5) is 0. The quantitative estimate of drug-likeness (QED) is 0.318. The number of azo groups is 1. The monoisotopic (exact) mass is 389 g/mol. The van der Waals surface area contributed by atoms with Gasteiger partial charge < -0.3 is 5.73 Å². The first-order valence-corrected chi connectivity index (χ1v) is 8.36. The lowest BCUT2D eigenvalue weighted by atomic mass is 10.1. The van der Waals surface area contributed by atoms with Crippen LogP contribution in [0.3, 0.4) is 0 Å². The van der Waals surface area contributed by atoms with E-state index in [0.29, 0.717) is 11.4 Å². The van der Waals surface area contributed by atoms with Gasteiger partial charge in [-0.2, -0.15) is 10.2 Å². The van der Waals surface area contributed by atoms with Crippen molar-refractivity contribution in [1.29, 1.82) is 0 Å². The smallest absolute Gasteiger partial charge is 0.123 e. The van der Waals surface area contributed by atoms with Crippen LogP contribution < -0.4 is 5.73 Å². The molecule has 0 saturated heterocycles. The second-order valence-corrected chi connectivity index (χ2v) is 6.23. The van der Waals surface area contributed by atoms with Crippen molar-refractivity contribution in [3.05, 3.63) is 21.1 Å². The molecule has 0 aliphatic rings. The Labute approximate surface area is 132 Å². The summed E-state index contributed by atoms with van der Waals surface area (Å²) in [5.41, 5.74) is 7.28. The van der Waals surface area contributed by atoms with E-state index in [1.165, 1.54) is 32.1 Å². The van der Waals surface area contributed by atoms with E-state index in [0.717, 1.165) is 21.9 Å². The number of nitrogens with two attached hydrogens (primary N) is 1. The van der Waals surface area contributed by atoms with Crippen molar-refractivity contribution in [2.24, 2.45) is 10.2 Å². The van der Waals surface area contributed by atoms with Gasteiger partial charge in [0.05, 0.1) is 12.2 Å². The van der Waals surface area contributed by atoms with Gasteiger partial charge in [0.2, 0.25) is 0 Å². The number of hydrogen-bond acceptors (Lipinski definition) is 3. The van der Waals surface area contributed by atoms with Crippen LogP contribution in [0, 0.1) is 0 Å². The highest BCUT2D eigenvalue weighted by Gasteiger charge is 2.06. The molecule has 0 unspecified atom stereocenters. The standard InChI is InChI=1S/C14H21Br2N3/c1-2-3-4-5-6-7-10-18-19-14-12(16)9-8-11(15)13(14)17/h8-9H,2-7,10,17H2,1H3. The number of rotatable bonds is 8. The minimum absolute atomic E-state index is 0.626. The molecule has 1 aromatic carbocycles. The second kappa shape index (κ2) is 9.48. The van der Waals surface area contributed by atoms with Crippen LogP contribution in [0.4, 0.5) is 11.4 Å². The van der Waals surface area contributed by atoms with Crippen LogP contribution in [0.5, 0.6) is 0 Å². The second-order valence-electron chi connectivity index (χ2n) is 4.52. The van der Waals surface area contributed by atoms with Gasteiger partial charge >= 0.3 is 0 Å². The van der Waals surface area contributed by atoms with Crippen LogP contribution in [0.2, 0.25) is 0 Å². The van der Waals surface area contributed by atoms with E-state index >= 15 is 0 Å². The maximum Gasteiger partial charge on any atom is 0.123 e. The Balaban J connectivity index is 2.35. The van der Waals surface area contributed by atoms with E-state index < -0.39 is 0 Å². The summed E-state index contributed by atoms with van der Waals surface area (Å²) < 4.78 is 1.73. The van der Waals surface area contributed by atoms with Crippen LogP contribution in [-0.2, 0) is 0 Å². The third kappa shape index (κ3) is 6.04. The van der Waals surface area contributed by atoms with E-state index in [4.69, 9.17) is 5.73 Å². The first-order chi connectivity index (χ1) is 9.16. The van der Waals surface area contributed by atoms with Crippen LogP contribution in [0.25, 0.3) is 0 Å². The SMILES string of the molecule is CCCCCCCCN=Nc1c(Br)ccc(Br)c1N. The zero-order valence-electron chi connectivity index (χ0n) is 11.3. The first-order valence-electron chi connectivity index (χ1n) is 6.77. The predicted molar refractivity (Wildman–Crippen MR) is 89.0 cm³/mol. The number of anilines is 1. The zero-order chi connectivity index (χ0) is 14.1. The van der Waals surface area contributed by atoms with Crippen molar-refractivity contribution in [3.8, 4) is 0 Å². The molecule has 0 fully saturated rings. The topological polar surface area (TPSA) is 50.7 Å². The third-order valence-corrected chi connectivity index (χ3v) is 4.23. The van der Waals surface area contributed by atoms with Crippen LogP contribution >= 0.6 is 31.9 Å². The van der Waals surface area contributed by atoms with E-state index in [2.05, 4.69) is 49.0 Å². The summed E-state index contributed by atoms with van der Waals surface area (Å²) in [6.07, 6.45) is 7.58. The molecule has 2 N–H and O–H groups in total. The van der Waals surface area contributed by atoms with Crippen LogP contribution in [0.1, 0.15) is 45.4 Å². The lowest BCUT2D eigenvalue weighted by Crippen LogP contribution is -1.88. The molecule has 0 radical (unpaired) electrons. The lowest BCUT2D eigenvalue weighted by molar-refractivity contribution is 0.608. The molecule has 0 aliphatic heterocycles. The largest absolute Gasteiger partial charge is 0.396 e. The molecule has 106 valence electrons. The third-order valence-electron chi connectivity index (χ3n) is 2.90. The molecule has 5 heteroatoms. The number of unbranched alkanes of at least 4 members (excludes halogenated alkanes) is 5. The highest BCUT2D eigenvalue weighted by atomic mass is 79.9. The Morgan fingerprint density at radius 3 is 2.37 bits per heavy atom. The van der Waals surface area contributed by atoms with Gasteiger partial charge in [-0.25, -0.2) is 0 Å². The fourth-order valence-electron chi connectivity index (χ4n) is 1.74. The number of nitrogens with zero attached hydrogens (tertiary/aromatic N) is 2. The van der Waals surface area contributed by atoms with Crippen molar-refractivity contribution >= 4 is 43.2 Å². The molecule has 0 saturated carbocycles. The van der Waals surface area contributed by atoms with E-state index in [9.17, 15) is 0 Å². The van der Waals surface area contributed by atoms with Crippen molar-refractivity contribution in [2.75, 3.05) is 12.3 Å². The molecule has 0 amide bonds. The van der Waals surface area contributed by atoms with Gasteiger partial charge in [-0.05, 0) is 50.4 Å². The van der Waals surface area contributed by atoms with E-state index in [-0.39, 0.29) is 0 Å². The van der Waals surface area contributed by atoms with Crippen molar-refractivity contribution in [1.82, 2.24) is 0 Å². The molecule has 0 spiro atoms. The van der Waals surface area contributed by atoms with E-state index in [1.54, 1.807) is 0 Å². The molecule has 0 aliphatic carbocycles. The first kappa shape index (κ1) is 16.6. The number of benzene rings is 1. The normalized spacial score (nSPS) is 11.3. The van der Waals surface area contributed by atoms with Gasteiger partial charge in [-0.3, -0.25) is 0 Å². The van der Waals surface area contributed by atoms with Gasteiger partial charge in [-0.15, -0.1) is 0 Å². The van der Waals surface area contributed by atoms with Gasteiger partial charge in [0, 0.05) is 8.95 Å². The summed E-state index contributed by atoms with van der Waals surface area (Å²) >= 11 is 6.83. The van der Waals surface area contributed by atoms with Gasteiger partial charge in [0.25, 0.3) is 0 Å². The summed E-state index contributed by atoms with van der Waals surface area (Å²) in [5.74, 6) is 0. The Hall–Kier alpha value is -0.420. The van der Waals surface area contributed by atoms with Crippen molar-refractivity contribution in [3.63, 3.8) is 0 Å². The Bertz CT molecular complexity index is 419. The number of hydrogen-bond donors (Lipinski definition) is 1. The number of nitrogen functional groups attached to an aromatic ring is 1. The molecular weight excluding hydrogens is 370 g/mol. The summed E-state index contributed by atoms with van der Waals surface area (Å²) in [5, 5.41) is 8.44. The Kier molecular flexibility index (Phi) is 8.30. The van der Waals surface area contributed by atoms with Gasteiger partial charge in [-0.1, -0.05) is 39.0 Å². The molecule has 0 aromatic heterocycles. The average molecular weight is 391 g/mol. The van der Waals surface area contributed by atoms with Crippen LogP contribution in [0.15, 0.2) is 31.3 Å². The molecular formula is C14H21Br2N3. The summed E-state index contributed by atoms with van der Waals surface area (Å²) in [7, 11) is 0. The maximum absolute atomic E-state index is 5.95. The van der Waals surface area contributed by atoms with Crippen LogP contribution in [-0.4, -0.2) is 6.54 Å². The zero-order valence-corrected chi connectivity index (χ0v) is 14.5. The molecule has 0 bridgehead atoms. The Morgan fingerprint density at radius 2 is 1.63 bits per heavy atom. The van der Waals surface area contributed by atoms with Crippen molar-refractivity contribution < 1.29 is 0 Å². The summed E-state index contributed by atoms with van der Waals surface area (Å²) in [6, 6.07) is 3.81. The lowest BCUT2D eigenvalue weighted by Gasteiger charge is -2.04. The summed E-state index contributed by atoms with van der Waals surface area (Å²) in [6.45, 7) is 3.00. The molecule has 0 atom stereocenters. The Morgan fingerprint density at radius 1 is 1.00 bits per heavy atom. The van der Waals surface area contributed by atoms with E-state index in [1.807, 2.05) is 12.1 Å². The highest BCUT2D eigenvalue weighted by molar-refractivity contribution is 9.11. The minimum atomic E-state index is 0.626. The fraction of sp³-hybridized carbons (Fsp3) is 0.571.